The lowest BCUT2D eigenvalue weighted by Gasteiger charge is -2.35. The molecule has 2 amide bonds. The normalized spacial score (nSPS) is 19.9. The molecule has 0 spiro atoms. The molecule has 0 bridgehead atoms. The quantitative estimate of drug-likeness (QED) is 0.356. The molecule has 1 aromatic heterocycles. The predicted molar refractivity (Wildman–Crippen MR) is 167 cm³/mol. The fourth-order valence-corrected chi connectivity index (χ4v) is 7.37. The molecule has 2 N–H and O–H groups in total. The number of nitrogens with one attached hydrogen (secondary N) is 2. The molecule has 11 heteroatoms. The standard InChI is InChI=1S/C34H39N9O2/c1-23(43-18-2-5-28(43)21-35)22-36-13-12-34(33-37-39-40-38-33)29-10-8-26(31(44)41-14-3-15-41)19-24(29)6-7-25-20-27(9-11-30(25)34)32(45)42-16-4-17-42/h8-11,19-20,28,36H,1-7,12-18,22H2,(H,37,38,39,40). The number of nitriles is 1. The van der Waals surface area contributed by atoms with Crippen LogP contribution in [-0.2, 0) is 18.3 Å². The Morgan fingerprint density at radius 2 is 1.58 bits per heavy atom. The first-order valence-electron chi connectivity index (χ1n) is 16.1. The molecule has 4 aliphatic rings. The summed E-state index contributed by atoms with van der Waals surface area (Å²) < 4.78 is 0. The summed E-state index contributed by atoms with van der Waals surface area (Å²) in [5.41, 5.74) is 5.79. The van der Waals surface area contributed by atoms with Gasteiger partial charge in [-0.15, -0.1) is 10.2 Å². The first-order valence-corrected chi connectivity index (χ1v) is 16.1. The fourth-order valence-electron chi connectivity index (χ4n) is 7.37. The number of benzene rings is 2. The number of carbonyl (C=O) groups excluding carboxylic acids is 2. The number of H-pyrrole nitrogens is 1. The number of aryl methyl sites for hydroxylation is 2. The Labute approximate surface area is 263 Å². The maximum absolute atomic E-state index is 13.3. The molecule has 0 radical (unpaired) electrons. The SMILES string of the molecule is C=C(CNCCC1(c2nn[nH]n2)c2ccc(C(=O)N3CCC3)cc2CCc2cc(C(=O)N3CCC3)ccc21)N1CCCC1C#N. The van der Waals surface area contributed by atoms with E-state index in [0.717, 1.165) is 99.2 Å². The van der Waals surface area contributed by atoms with Gasteiger partial charge in [0.2, 0.25) is 0 Å². The van der Waals surface area contributed by atoms with Crippen molar-refractivity contribution in [3.8, 4) is 6.07 Å². The summed E-state index contributed by atoms with van der Waals surface area (Å²) in [4.78, 5) is 32.4. The molecule has 1 aliphatic carbocycles. The third-order valence-electron chi connectivity index (χ3n) is 10.1. The van der Waals surface area contributed by atoms with Gasteiger partial charge in [-0.25, -0.2) is 0 Å². The minimum absolute atomic E-state index is 0.0659. The molecule has 3 aromatic rings. The number of tetrazole rings is 1. The van der Waals surface area contributed by atoms with Gasteiger partial charge in [0, 0.05) is 56.1 Å². The van der Waals surface area contributed by atoms with Crippen molar-refractivity contribution in [3.05, 3.63) is 87.9 Å². The first kappa shape index (κ1) is 29.2. The van der Waals surface area contributed by atoms with Crippen LogP contribution in [0, 0.1) is 11.3 Å². The van der Waals surface area contributed by atoms with Gasteiger partial charge >= 0.3 is 0 Å². The van der Waals surface area contributed by atoms with Gasteiger partial charge in [0.25, 0.3) is 11.8 Å². The van der Waals surface area contributed by atoms with Crippen LogP contribution in [0.15, 0.2) is 48.7 Å². The smallest absolute Gasteiger partial charge is 0.253 e. The predicted octanol–water partition coefficient (Wildman–Crippen LogP) is 2.81. The average molecular weight is 606 g/mol. The van der Waals surface area contributed by atoms with Crippen LogP contribution in [0.1, 0.15) is 80.9 Å². The number of rotatable bonds is 9. The van der Waals surface area contributed by atoms with Crippen molar-refractivity contribution in [2.45, 2.75) is 56.4 Å². The lowest BCUT2D eigenvalue weighted by Crippen LogP contribution is -2.42. The zero-order valence-corrected chi connectivity index (χ0v) is 25.6. The molecule has 0 saturated carbocycles. The number of fused-ring (bicyclic) bond motifs is 2. The Kier molecular flexibility index (Phi) is 7.83. The molecular formula is C34H39N9O2. The van der Waals surface area contributed by atoms with Crippen LogP contribution in [0.2, 0.25) is 0 Å². The lowest BCUT2D eigenvalue weighted by atomic mass is 9.69. The Balaban J connectivity index is 1.26. The number of aromatic nitrogens is 4. The minimum Gasteiger partial charge on any atom is -0.358 e. The van der Waals surface area contributed by atoms with Crippen molar-refractivity contribution >= 4 is 11.8 Å². The molecule has 2 aromatic carbocycles. The molecule has 7 rings (SSSR count). The summed E-state index contributed by atoms with van der Waals surface area (Å²) in [7, 11) is 0. The van der Waals surface area contributed by atoms with Gasteiger partial charge in [-0.1, -0.05) is 23.9 Å². The molecular weight excluding hydrogens is 566 g/mol. The summed E-state index contributed by atoms with van der Waals surface area (Å²) in [5.74, 6) is 0.688. The monoisotopic (exact) mass is 605 g/mol. The van der Waals surface area contributed by atoms with Crippen molar-refractivity contribution in [1.29, 1.82) is 5.26 Å². The summed E-state index contributed by atoms with van der Waals surface area (Å²) in [5, 5.41) is 29.0. The third-order valence-corrected chi connectivity index (χ3v) is 10.1. The molecule has 4 heterocycles. The van der Waals surface area contributed by atoms with E-state index in [-0.39, 0.29) is 17.9 Å². The van der Waals surface area contributed by atoms with E-state index >= 15 is 0 Å². The molecule has 1 atom stereocenters. The van der Waals surface area contributed by atoms with Crippen LogP contribution < -0.4 is 5.32 Å². The second kappa shape index (κ2) is 12.1. The van der Waals surface area contributed by atoms with Gasteiger partial charge < -0.3 is 20.0 Å². The number of carbonyl (C=O) groups is 2. The Morgan fingerprint density at radius 3 is 2.09 bits per heavy atom. The summed E-state index contributed by atoms with van der Waals surface area (Å²) >= 11 is 0. The van der Waals surface area contributed by atoms with E-state index < -0.39 is 5.41 Å². The number of hydrogen-bond donors (Lipinski definition) is 2. The molecule has 232 valence electrons. The Hall–Kier alpha value is -4.56. The molecule has 3 aliphatic heterocycles. The van der Waals surface area contributed by atoms with Gasteiger partial charge in [-0.05, 0) is 98.0 Å². The highest BCUT2D eigenvalue weighted by molar-refractivity contribution is 5.96. The summed E-state index contributed by atoms with van der Waals surface area (Å²) in [6.45, 7) is 9.49. The molecule has 45 heavy (non-hydrogen) atoms. The molecule has 3 fully saturated rings. The summed E-state index contributed by atoms with van der Waals surface area (Å²) in [6, 6.07) is 14.4. The summed E-state index contributed by atoms with van der Waals surface area (Å²) in [6.07, 6.45) is 6.00. The second-order valence-electron chi connectivity index (χ2n) is 12.6. The van der Waals surface area contributed by atoms with E-state index in [1.807, 2.05) is 34.1 Å². The highest BCUT2D eigenvalue weighted by Crippen LogP contribution is 2.46. The minimum atomic E-state index is -0.776. The number of likely N-dealkylation sites (tertiary alicyclic amines) is 3. The van der Waals surface area contributed by atoms with Crippen molar-refractivity contribution in [3.63, 3.8) is 0 Å². The van der Waals surface area contributed by atoms with Crippen molar-refractivity contribution < 1.29 is 9.59 Å². The Morgan fingerprint density at radius 1 is 0.956 bits per heavy atom. The third kappa shape index (κ3) is 5.17. The number of hydrogen-bond acceptors (Lipinski definition) is 8. The molecule has 1 unspecified atom stereocenters. The van der Waals surface area contributed by atoms with E-state index in [9.17, 15) is 14.9 Å². The lowest BCUT2D eigenvalue weighted by molar-refractivity contribution is 0.0644. The zero-order valence-electron chi connectivity index (χ0n) is 25.6. The van der Waals surface area contributed by atoms with Crippen LogP contribution in [-0.4, -0.2) is 99.0 Å². The largest absolute Gasteiger partial charge is 0.358 e. The van der Waals surface area contributed by atoms with Crippen molar-refractivity contribution in [2.75, 3.05) is 45.8 Å². The number of nitrogens with zero attached hydrogens (tertiary/aromatic N) is 7. The van der Waals surface area contributed by atoms with Gasteiger partial charge in [0.05, 0.1) is 11.5 Å². The number of aromatic amines is 1. The maximum Gasteiger partial charge on any atom is 0.253 e. The van der Waals surface area contributed by atoms with Crippen molar-refractivity contribution in [1.82, 2.24) is 40.6 Å². The van der Waals surface area contributed by atoms with Gasteiger partial charge in [0.1, 0.15) is 6.04 Å². The second-order valence-corrected chi connectivity index (χ2v) is 12.6. The van der Waals surface area contributed by atoms with E-state index in [4.69, 9.17) is 0 Å². The van der Waals surface area contributed by atoms with E-state index in [1.165, 1.54) is 0 Å². The zero-order chi connectivity index (χ0) is 31.0. The topological polar surface area (TPSA) is 134 Å². The molecule has 3 saturated heterocycles. The number of amides is 2. The highest BCUT2D eigenvalue weighted by Gasteiger charge is 2.44. The Bertz CT molecular complexity index is 1570. The van der Waals surface area contributed by atoms with Crippen LogP contribution in [0.5, 0.6) is 0 Å². The first-order chi connectivity index (χ1) is 22.0. The van der Waals surface area contributed by atoms with Crippen molar-refractivity contribution in [2.24, 2.45) is 0 Å². The van der Waals surface area contributed by atoms with E-state index in [0.29, 0.717) is 36.5 Å². The highest BCUT2D eigenvalue weighted by atomic mass is 16.2. The van der Waals surface area contributed by atoms with E-state index in [2.05, 4.69) is 55.6 Å². The van der Waals surface area contributed by atoms with Gasteiger partial charge in [0.15, 0.2) is 5.82 Å². The van der Waals surface area contributed by atoms with Gasteiger partial charge in [-0.2, -0.15) is 10.5 Å². The van der Waals surface area contributed by atoms with Crippen LogP contribution >= 0.6 is 0 Å². The average Bonchev–Trinajstić information content (AvgIpc) is 3.69. The van der Waals surface area contributed by atoms with E-state index in [1.54, 1.807) is 0 Å². The molecule has 11 nitrogen and oxygen atoms in total. The van der Waals surface area contributed by atoms with Crippen LogP contribution in [0.4, 0.5) is 0 Å². The maximum atomic E-state index is 13.3. The van der Waals surface area contributed by atoms with Gasteiger partial charge in [-0.3, -0.25) is 9.59 Å². The fraction of sp³-hybridized carbons (Fsp3) is 0.471. The van der Waals surface area contributed by atoms with Crippen LogP contribution in [0.25, 0.3) is 0 Å². The van der Waals surface area contributed by atoms with Crippen LogP contribution in [0.3, 0.4) is 0 Å².